The molecule has 0 radical (unpaired) electrons. The molecule has 1 aromatic carbocycles. The zero-order chi connectivity index (χ0) is 15.3. The second-order valence-electron chi connectivity index (χ2n) is 5.53. The largest absolute Gasteiger partial charge is 0.454 e. The Labute approximate surface area is 139 Å². The summed E-state index contributed by atoms with van der Waals surface area (Å²) in [5, 5.41) is 1.04. The highest BCUT2D eigenvalue weighted by molar-refractivity contribution is 5.87. The van der Waals surface area contributed by atoms with E-state index in [9.17, 15) is 4.79 Å². The number of ether oxygens (including phenoxy) is 3. The van der Waals surface area contributed by atoms with Gasteiger partial charge in [0.1, 0.15) is 0 Å². The molecule has 2 aliphatic heterocycles. The fraction of sp³-hybridized carbons (Fsp3) is 0.375. The fourth-order valence-electron chi connectivity index (χ4n) is 3.13. The maximum Gasteiger partial charge on any atom is 0.409 e. The molecule has 2 aromatic rings. The minimum absolute atomic E-state index is 0. The molecule has 2 aliphatic rings. The average molecular weight is 337 g/mol. The molecule has 4 rings (SSSR count). The topological polar surface area (TPSA) is 60.9 Å². The van der Waals surface area contributed by atoms with Gasteiger partial charge >= 0.3 is 6.09 Å². The van der Waals surface area contributed by atoms with Gasteiger partial charge in [-0.2, -0.15) is 0 Å². The molecule has 1 amide bonds. The Morgan fingerprint density at radius 2 is 2.04 bits per heavy atom. The number of methoxy groups -OCH3 is 1. The first-order chi connectivity index (χ1) is 10.7. The van der Waals surface area contributed by atoms with Crippen molar-refractivity contribution >= 4 is 29.4 Å². The van der Waals surface area contributed by atoms with E-state index in [4.69, 9.17) is 19.2 Å². The molecule has 0 bridgehead atoms. The van der Waals surface area contributed by atoms with Gasteiger partial charge in [0.25, 0.3) is 0 Å². The number of pyridine rings is 1. The van der Waals surface area contributed by atoms with Crippen LogP contribution < -0.4 is 9.47 Å². The highest BCUT2D eigenvalue weighted by Crippen LogP contribution is 2.38. The number of carbonyl (C=O) groups is 1. The number of fused-ring (bicyclic) bond motifs is 3. The van der Waals surface area contributed by atoms with Crippen molar-refractivity contribution in [3.05, 3.63) is 29.0 Å². The van der Waals surface area contributed by atoms with E-state index < -0.39 is 0 Å². The third-order valence-electron chi connectivity index (χ3n) is 4.35. The molecule has 3 heterocycles. The second kappa shape index (κ2) is 5.77. The highest BCUT2D eigenvalue weighted by Gasteiger charge is 2.25. The van der Waals surface area contributed by atoms with Crippen molar-refractivity contribution in [2.24, 2.45) is 0 Å². The molecular formula is C16H17ClN2O4. The third kappa shape index (κ3) is 2.43. The molecule has 0 fully saturated rings. The van der Waals surface area contributed by atoms with Crippen LogP contribution in [0.1, 0.15) is 16.8 Å². The van der Waals surface area contributed by atoms with Crippen LogP contribution in [-0.4, -0.2) is 36.4 Å². The zero-order valence-electron chi connectivity index (χ0n) is 12.9. The van der Waals surface area contributed by atoms with E-state index >= 15 is 0 Å². The monoisotopic (exact) mass is 336 g/mol. The Balaban J connectivity index is 0.00000156. The SMILES string of the molecule is COC(=O)N1CCc2nc3cc4c(cc3c(C)c2C1)OCO4.Cl. The van der Waals surface area contributed by atoms with Crippen LogP contribution in [0.25, 0.3) is 10.9 Å². The van der Waals surface area contributed by atoms with Gasteiger partial charge in [-0.25, -0.2) is 4.79 Å². The molecule has 6 nitrogen and oxygen atoms in total. The van der Waals surface area contributed by atoms with Gasteiger partial charge in [0.2, 0.25) is 6.79 Å². The zero-order valence-corrected chi connectivity index (χ0v) is 13.7. The van der Waals surface area contributed by atoms with Gasteiger partial charge in [-0.15, -0.1) is 12.4 Å². The predicted octanol–water partition coefficient (Wildman–Crippen LogP) is 2.82. The molecule has 1 aromatic heterocycles. The van der Waals surface area contributed by atoms with E-state index in [0.717, 1.165) is 45.6 Å². The van der Waals surface area contributed by atoms with Crippen molar-refractivity contribution < 1.29 is 19.0 Å². The summed E-state index contributed by atoms with van der Waals surface area (Å²) in [6.45, 7) is 3.47. The number of rotatable bonds is 0. The number of aryl methyl sites for hydroxylation is 1. The molecule has 0 atom stereocenters. The van der Waals surface area contributed by atoms with Crippen LogP contribution >= 0.6 is 12.4 Å². The van der Waals surface area contributed by atoms with E-state index in [1.165, 1.54) is 7.11 Å². The van der Waals surface area contributed by atoms with Crippen LogP contribution in [0.15, 0.2) is 12.1 Å². The van der Waals surface area contributed by atoms with Gasteiger partial charge in [0.15, 0.2) is 11.5 Å². The number of benzene rings is 1. The highest BCUT2D eigenvalue weighted by atomic mass is 35.5. The van der Waals surface area contributed by atoms with E-state index in [1.54, 1.807) is 4.90 Å². The van der Waals surface area contributed by atoms with Crippen LogP contribution in [0, 0.1) is 6.92 Å². The maximum absolute atomic E-state index is 11.8. The van der Waals surface area contributed by atoms with Crippen molar-refractivity contribution in [2.45, 2.75) is 19.9 Å². The van der Waals surface area contributed by atoms with Crippen molar-refractivity contribution in [1.29, 1.82) is 0 Å². The van der Waals surface area contributed by atoms with E-state index in [2.05, 4.69) is 6.92 Å². The number of amides is 1. The van der Waals surface area contributed by atoms with E-state index in [1.807, 2.05) is 12.1 Å². The number of hydrogen-bond acceptors (Lipinski definition) is 5. The number of carbonyl (C=O) groups excluding carboxylic acids is 1. The van der Waals surface area contributed by atoms with Crippen molar-refractivity contribution in [2.75, 3.05) is 20.4 Å². The molecular weight excluding hydrogens is 320 g/mol. The first-order valence-electron chi connectivity index (χ1n) is 7.22. The normalized spacial score (nSPS) is 15.1. The van der Waals surface area contributed by atoms with E-state index in [-0.39, 0.29) is 25.3 Å². The number of nitrogens with zero attached hydrogens (tertiary/aromatic N) is 2. The van der Waals surface area contributed by atoms with Crippen LogP contribution in [0.2, 0.25) is 0 Å². The molecule has 0 saturated heterocycles. The lowest BCUT2D eigenvalue weighted by atomic mass is 9.97. The van der Waals surface area contributed by atoms with Crippen molar-refractivity contribution in [1.82, 2.24) is 9.88 Å². The number of halogens is 1. The van der Waals surface area contributed by atoms with Gasteiger partial charge in [0, 0.05) is 30.1 Å². The Morgan fingerprint density at radius 3 is 2.78 bits per heavy atom. The van der Waals surface area contributed by atoms with Gasteiger partial charge in [0.05, 0.1) is 19.2 Å². The average Bonchev–Trinajstić information content (AvgIpc) is 3.00. The molecule has 0 N–H and O–H groups in total. The van der Waals surface area contributed by atoms with Crippen molar-refractivity contribution in [3.8, 4) is 11.5 Å². The predicted molar refractivity (Wildman–Crippen MR) is 86.4 cm³/mol. The smallest absolute Gasteiger partial charge is 0.409 e. The summed E-state index contributed by atoms with van der Waals surface area (Å²) in [7, 11) is 1.41. The lowest BCUT2D eigenvalue weighted by molar-refractivity contribution is 0.118. The summed E-state index contributed by atoms with van der Waals surface area (Å²) in [6.07, 6.45) is 0.436. The first-order valence-corrected chi connectivity index (χ1v) is 7.22. The molecule has 0 saturated carbocycles. The van der Waals surface area contributed by atoms with Crippen LogP contribution in [0.5, 0.6) is 11.5 Å². The lowest BCUT2D eigenvalue weighted by Crippen LogP contribution is -2.36. The summed E-state index contributed by atoms with van der Waals surface area (Å²) in [4.78, 5) is 18.2. The fourth-order valence-corrected chi connectivity index (χ4v) is 3.13. The summed E-state index contributed by atoms with van der Waals surface area (Å²) < 4.78 is 15.7. The van der Waals surface area contributed by atoms with Crippen LogP contribution in [0.3, 0.4) is 0 Å². The quantitative estimate of drug-likeness (QED) is 0.740. The second-order valence-corrected chi connectivity index (χ2v) is 5.53. The summed E-state index contributed by atoms with van der Waals surface area (Å²) in [5.41, 5.74) is 4.19. The van der Waals surface area contributed by atoms with Crippen molar-refractivity contribution in [3.63, 3.8) is 0 Å². The summed E-state index contributed by atoms with van der Waals surface area (Å²) >= 11 is 0. The third-order valence-corrected chi connectivity index (χ3v) is 4.35. The van der Waals surface area contributed by atoms with Crippen LogP contribution in [0.4, 0.5) is 4.79 Å². The number of aromatic nitrogens is 1. The van der Waals surface area contributed by atoms with Gasteiger partial charge in [-0.1, -0.05) is 0 Å². The minimum atomic E-state index is -0.296. The molecule has 0 spiro atoms. The number of hydrogen-bond donors (Lipinski definition) is 0. The van der Waals surface area contributed by atoms with Gasteiger partial charge < -0.3 is 19.1 Å². The Kier molecular flexibility index (Phi) is 3.93. The van der Waals surface area contributed by atoms with Crippen LogP contribution in [-0.2, 0) is 17.7 Å². The Morgan fingerprint density at radius 1 is 1.30 bits per heavy atom. The van der Waals surface area contributed by atoms with Gasteiger partial charge in [-0.05, 0) is 24.1 Å². The Hall–Kier alpha value is -2.21. The lowest BCUT2D eigenvalue weighted by Gasteiger charge is -2.28. The molecule has 7 heteroatoms. The molecule has 0 unspecified atom stereocenters. The molecule has 122 valence electrons. The summed E-state index contributed by atoms with van der Waals surface area (Å²) in [6, 6.07) is 3.90. The standard InChI is InChI=1S/C16H16N2O4.ClH/c1-9-10-5-14-15(22-8-21-14)6-13(10)17-12-3-4-18(7-11(9)12)16(19)20-2;/h5-6H,3-4,7-8H2,1-2H3;1H. The van der Waals surface area contributed by atoms with Gasteiger partial charge in [-0.3, -0.25) is 4.98 Å². The van der Waals surface area contributed by atoms with E-state index in [0.29, 0.717) is 13.1 Å². The summed E-state index contributed by atoms with van der Waals surface area (Å²) in [5.74, 6) is 1.49. The maximum atomic E-state index is 11.8. The molecule has 0 aliphatic carbocycles. The minimum Gasteiger partial charge on any atom is -0.454 e. The molecule has 23 heavy (non-hydrogen) atoms. The Bertz CT molecular complexity index is 793. The first kappa shape index (κ1) is 15.7.